The van der Waals surface area contributed by atoms with Crippen LogP contribution < -0.4 is 5.32 Å². The molecule has 0 radical (unpaired) electrons. The second-order valence-corrected chi connectivity index (χ2v) is 11.7. The van der Waals surface area contributed by atoms with Crippen molar-refractivity contribution >= 4 is 40.2 Å². The number of aromatic nitrogens is 1. The van der Waals surface area contributed by atoms with Crippen molar-refractivity contribution in [2.75, 3.05) is 43.8 Å². The first-order valence-electron chi connectivity index (χ1n) is 12.3. The molecule has 0 atom stereocenters. The third-order valence-electron chi connectivity index (χ3n) is 7.05. The molecule has 2 aliphatic heterocycles. The summed E-state index contributed by atoms with van der Waals surface area (Å²) in [6.45, 7) is 6.70. The summed E-state index contributed by atoms with van der Waals surface area (Å²) in [7, 11) is 0. The number of carbonyl (C=O) groups is 2. The van der Waals surface area contributed by atoms with Crippen LogP contribution in [-0.4, -0.2) is 82.2 Å². The Balaban J connectivity index is 1.33. The predicted octanol–water partition coefficient (Wildman–Crippen LogP) is 4.51. The van der Waals surface area contributed by atoms with Crippen LogP contribution in [0.1, 0.15) is 64.7 Å². The molecule has 0 spiro atoms. The largest absolute Gasteiger partial charge is 0.343 e. The van der Waals surface area contributed by atoms with E-state index in [9.17, 15) is 9.59 Å². The SMILES string of the molecule is CC(=O)N1CCC(N(C(=O)Nc2ncc(SCCN3CCCC3)s2)C2CCCCC2)CC1. The smallest absolute Gasteiger partial charge is 0.324 e. The van der Waals surface area contributed by atoms with E-state index >= 15 is 0 Å². The monoisotopic (exact) mass is 479 g/mol. The number of thioether (sulfide) groups is 1. The zero-order chi connectivity index (χ0) is 22.3. The van der Waals surface area contributed by atoms with Crippen molar-refractivity contribution in [3.8, 4) is 0 Å². The number of anilines is 1. The van der Waals surface area contributed by atoms with Crippen molar-refractivity contribution < 1.29 is 9.59 Å². The number of nitrogens with zero attached hydrogens (tertiary/aromatic N) is 4. The van der Waals surface area contributed by atoms with Gasteiger partial charge in [0.1, 0.15) is 0 Å². The number of hydrogen-bond acceptors (Lipinski definition) is 6. The van der Waals surface area contributed by atoms with Gasteiger partial charge in [0, 0.05) is 44.4 Å². The maximum absolute atomic E-state index is 13.4. The average molecular weight is 480 g/mol. The lowest BCUT2D eigenvalue weighted by Gasteiger charge is -2.43. The van der Waals surface area contributed by atoms with Gasteiger partial charge in [-0.3, -0.25) is 10.1 Å². The summed E-state index contributed by atoms with van der Waals surface area (Å²) in [5.41, 5.74) is 0. The van der Waals surface area contributed by atoms with Gasteiger partial charge < -0.3 is 14.7 Å². The van der Waals surface area contributed by atoms with Crippen molar-refractivity contribution in [3.05, 3.63) is 6.20 Å². The quantitative estimate of drug-likeness (QED) is 0.583. The number of thiazole rings is 1. The van der Waals surface area contributed by atoms with Crippen LogP contribution >= 0.6 is 23.1 Å². The van der Waals surface area contributed by atoms with Gasteiger partial charge in [0.05, 0.1) is 10.4 Å². The molecule has 4 rings (SSSR count). The topological polar surface area (TPSA) is 68.8 Å². The highest BCUT2D eigenvalue weighted by molar-refractivity contribution is 8.01. The molecule has 32 heavy (non-hydrogen) atoms. The molecule has 3 amide bonds. The minimum Gasteiger partial charge on any atom is -0.343 e. The Kier molecular flexibility index (Phi) is 8.71. The van der Waals surface area contributed by atoms with Crippen LogP contribution in [0, 0.1) is 0 Å². The van der Waals surface area contributed by atoms with E-state index in [4.69, 9.17) is 0 Å². The van der Waals surface area contributed by atoms with Crippen LogP contribution in [0.25, 0.3) is 0 Å². The molecule has 1 saturated carbocycles. The van der Waals surface area contributed by atoms with E-state index < -0.39 is 0 Å². The molecule has 0 unspecified atom stereocenters. The van der Waals surface area contributed by atoms with Crippen LogP contribution in [-0.2, 0) is 4.79 Å². The number of nitrogens with one attached hydrogen (secondary N) is 1. The van der Waals surface area contributed by atoms with Gasteiger partial charge in [0.2, 0.25) is 5.91 Å². The summed E-state index contributed by atoms with van der Waals surface area (Å²) in [6, 6.07) is 0.482. The standard InChI is InChI=1S/C23H37N5O2S2/c1-18(29)27-13-9-20(10-14-27)28(19-7-3-2-4-8-19)23(30)25-22-24-17-21(32-22)31-16-15-26-11-5-6-12-26/h17,19-20H,2-16H2,1H3,(H,24,25,30). The Labute approximate surface area is 200 Å². The number of likely N-dealkylation sites (tertiary alicyclic amines) is 2. The molecule has 1 aromatic rings. The van der Waals surface area contributed by atoms with E-state index in [-0.39, 0.29) is 18.0 Å². The van der Waals surface area contributed by atoms with Gasteiger partial charge in [-0.25, -0.2) is 9.78 Å². The van der Waals surface area contributed by atoms with Gasteiger partial charge in [0.15, 0.2) is 5.13 Å². The van der Waals surface area contributed by atoms with Gasteiger partial charge in [-0.05, 0) is 51.6 Å². The molecule has 3 fully saturated rings. The van der Waals surface area contributed by atoms with E-state index in [2.05, 4.69) is 20.1 Å². The van der Waals surface area contributed by atoms with Crippen LogP contribution in [0.4, 0.5) is 9.93 Å². The Hall–Kier alpha value is -1.32. The minimum atomic E-state index is -0.0128. The highest BCUT2D eigenvalue weighted by Gasteiger charge is 2.34. The first-order chi connectivity index (χ1) is 15.6. The van der Waals surface area contributed by atoms with E-state index in [1.165, 1.54) is 49.4 Å². The second-order valence-electron chi connectivity index (χ2n) is 9.25. The van der Waals surface area contributed by atoms with Gasteiger partial charge in [-0.2, -0.15) is 0 Å². The second kappa shape index (κ2) is 11.7. The molecule has 1 aromatic heterocycles. The highest BCUT2D eigenvalue weighted by atomic mass is 32.2. The molecule has 7 nitrogen and oxygen atoms in total. The van der Waals surface area contributed by atoms with E-state index in [1.807, 2.05) is 22.9 Å². The van der Waals surface area contributed by atoms with E-state index in [0.29, 0.717) is 11.2 Å². The van der Waals surface area contributed by atoms with Crippen molar-refractivity contribution in [3.63, 3.8) is 0 Å². The van der Waals surface area contributed by atoms with Gasteiger partial charge in [-0.15, -0.1) is 11.8 Å². The fraction of sp³-hybridized carbons (Fsp3) is 0.783. The molecule has 3 aliphatic rings. The zero-order valence-electron chi connectivity index (χ0n) is 19.3. The van der Waals surface area contributed by atoms with Gasteiger partial charge >= 0.3 is 6.03 Å². The third kappa shape index (κ3) is 6.38. The summed E-state index contributed by atoms with van der Waals surface area (Å²) in [5, 5.41) is 3.81. The Bertz CT molecular complexity index is 753. The maximum atomic E-state index is 13.4. The molecule has 3 heterocycles. The summed E-state index contributed by atoms with van der Waals surface area (Å²) in [5.74, 6) is 1.20. The Morgan fingerprint density at radius 1 is 1.06 bits per heavy atom. The lowest BCUT2D eigenvalue weighted by molar-refractivity contribution is -0.130. The molecule has 178 valence electrons. The predicted molar refractivity (Wildman–Crippen MR) is 132 cm³/mol. The molecule has 1 aliphatic carbocycles. The van der Waals surface area contributed by atoms with E-state index in [1.54, 1.807) is 18.3 Å². The summed E-state index contributed by atoms with van der Waals surface area (Å²) in [6.07, 6.45) is 12.1. The minimum absolute atomic E-state index is 0.0128. The molecule has 2 saturated heterocycles. The van der Waals surface area contributed by atoms with Crippen molar-refractivity contribution in [2.24, 2.45) is 0 Å². The molecule has 1 N–H and O–H groups in total. The highest BCUT2D eigenvalue weighted by Crippen LogP contribution is 2.31. The Morgan fingerprint density at radius 2 is 1.75 bits per heavy atom. The van der Waals surface area contributed by atoms with Crippen LogP contribution in [0.15, 0.2) is 10.4 Å². The van der Waals surface area contributed by atoms with Gasteiger partial charge in [-0.1, -0.05) is 30.6 Å². The molecule has 0 bridgehead atoms. The van der Waals surface area contributed by atoms with Crippen LogP contribution in [0.2, 0.25) is 0 Å². The number of hydrogen-bond donors (Lipinski definition) is 1. The molecule has 0 aromatic carbocycles. The van der Waals surface area contributed by atoms with Crippen LogP contribution in [0.3, 0.4) is 0 Å². The summed E-state index contributed by atoms with van der Waals surface area (Å²) >= 11 is 3.42. The van der Waals surface area contributed by atoms with Crippen molar-refractivity contribution in [1.29, 1.82) is 0 Å². The molecule has 9 heteroatoms. The van der Waals surface area contributed by atoms with Crippen molar-refractivity contribution in [2.45, 2.75) is 81.0 Å². The number of amides is 3. The number of urea groups is 1. The van der Waals surface area contributed by atoms with Crippen molar-refractivity contribution in [1.82, 2.24) is 19.7 Å². The summed E-state index contributed by atoms with van der Waals surface area (Å²) in [4.78, 5) is 36.2. The normalized spacial score (nSPS) is 21.1. The first kappa shape index (κ1) is 23.8. The fourth-order valence-corrected chi connectivity index (χ4v) is 7.21. The van der Waals surface area contributed by atoms with Crippen LogP contribution in [0.5, 0.6) is 0 Å². The Morgan fingerprint density at radius 3 is 2.44 bits per heavy atom. The number of piperidine rings is 1. The average Bonchev–Trinajstić information content (AvgIpc) is 3.47. The van der Waals surface area contributed by atoms with E-state index in [0.717, 1.165) is 51.1 Å². The lowest BCUT2D eigenvalue weighted by Crippen LogP contribution is -2.54. The first-order valence-corrected chi connectivity index (χ1v) is 14.1. The maximum Gasteiger partial charge on any atom is 0.324 e. The fourth-order valence-electron chi connectivity index (χ4n) is 5.27. The zero-order valence-corrected chi connectivity index (χ0v) is 20.9. The third-order valence-corrected chi connectivity index (χ3v) is 9.14. The summed E-state index contributed by atoms with van der Waals surface area (Å²) < 4.78 is 1.17. The number of carbonyl (C=O) groups excluding carboxylic acids is 2. The number of rotatable bonds is 7. The lowest BCUT2D eigenvalue weighted by atomic mass is 9.91. The molecular weight excluding hydrogens is 442 g/mol. The van der Waals surface area contributed by atoms with Gasteiger partial charge in [0.25, 0.3) is 0 Å². The molecular formula is C23H37N5O2S2.